The fraction of sp³-hybridized carbons (Fsp3) is 1.00. The Bertz CT molecular complexity index is 242. The fourth-order valence-electron chi connectivity index (χ4n) is 1.04. The number of phosphoric acid groups is 1. The lowest BCUT2D eigenvalue weighted by molar-refractivity contribution is -0.374. The van der Waals surface area contributed by atoms with Crippen molar-refractivity contribution in [2.75, 3.05) is 41.0 Å². The first kappa shape index (κ1) is 19.9. The summed E-state index contributed by atoms with van der Waals surface area (Å²) in [5, 5.41) is 2.86. The highest BCUT2D eigenvalue weighted by molar-refractivity contribution is 7.48. The Morgan fingerprint density at radius 3 is 1.10 bits per heavy atom. The number of hydrogen-bond acceptors (Lipinski definition) is 10. The van der Waals surface area contributed by atoms with Crippen molar-refractivity contribution in [1.82, 2.24) is 15.7 Å². The Balaban J connectivity index is 4.95. The average molecular weight is 317 g/mol. The van der Waals surface area contributed by atoms with Crippen LogP contribution in [0, 0.1) is 0 Å². The Hall–Kier alpha value is -0.130. The van der Waals surface area contributed by atoms with Crippen LogP contribution in [0.1, 0.15) is 20.8 Å². The van der Waals surface area contributed by atoms with E-state index in [1.807, 2.05) is 0 Å². The standard InChI is InChI=1S/C9H24N3O7P/c1-7-10(14-4)17-20(13,18-11(8-2)15-5)19-12(9-3)16-6/h7-9H2,1-6H3. The van der Waals surface area contributed by atoms with Crippen LogP contribution in [-0.2, 0) is 33.0 Å². The second kappa shape index (κ2) is 10.6. The van der Waals surface area contributed by atoms with E-state index in [0.29, 0.717) is 19.6 Å². The first-order valence-corrected chi connectivity index (χ1v) is 7.58. The molecule has 0 atom stereocenters. The summed E-state index contributed by atoms with van der Waals surface area (Å²) in [7, 11) is -0.0137. The number of rotatable bonds is 12. The van der Waals surface area contributed by atoms with Gasteiger partial charge in [0.05, 0.1) is 21.3 Å². The Kier molecular flexibility index (Phi) is 10.5. The highest BCUT2D eigenvalue weighted by Crippen LogP contribution is 2.51. The van der Waals surface area contributed by atoms with E-state index < -0.39 is 7.82 Å². The molecule has 0 bridgehead atoms. The third-order valence-corrected chi connectivity index (χ3v) is 3.11. The summed E-state index contributed by atoms with van der Waals surface area (Å²) in [6.07, 6.45) is 0. The van der Waals surface area contributed by atoms with Gasteiger partial charge < -0.3 is 0 Å². The molecule has 0 spiro atoms. The number of hydroxylamine groups is 6. The van der Waals surface area contributed by atoms with Gasteiger partial charge in [-0.05, 0) is 20.8 Å². The van der Waals surface area contributed by atoms with Crippen LogP contribution in [0.4, 0.5) is 0 Å². The zero-order chi connectivity index (χ0) is 15.6. The molecule has 0 aliphatic rings. The molecule has 122 valence electrons. The normalized spacial score (nSPS) is 12.8. The van der Waals surface area contributed by atoms with Gasteiger partial charge in [0.1, 0.15) is 0 Å². The van der Waals surface area contributed by atoms with Gasteiger partial charge in [-0.1, -0.05) is 15.7 Å². The average Bonchev–Trinajstić information content (AvgIpc) is 2.48. The van der Waals surface area contributed by atoms with Crippen LogP contribution < -0.4 is 0 Å². The minimum atomic E-state index is -4.08. The lowest BCUT2D eigenvalue weighted by atomic mass is 10.8. The molecule has 0 unspecified atom stereocenters. The second-order valence-corrected chi connectivity index (χ2v) is 4.57. The minimum Gasteiger partial charge on any atom is -0.277 e. The molecule has 10 nitrogen and oxygen atoms in total. The maximum Gasteiger partial charge on any atom is 0.531 e. The van der Waals surface area contributed by atoms with Crippen LogP contribution in [0.15, 0.2) is 0 Å². The Labute approximate surface area is 119 Å². The monoisotopic (exact) mass is 317 g/mol. The van der Waals surface area contributed by atoms with Crippen molar-refractivity contribution >= 4 is 7.82 Å². The van der Waals surface area contributed by atoms with Crippen molar-refractivity contribution in [3.8, 4) is 0 Å². The molecule has 0 aromatic heterocycles. The third kappa shape index (κ3) is 7.04. The fourth-order valence-corrected chi connectivity index (χ4v) is 2.34. The summed E-state index contributed by atoms with van der Waals surface area (Å²) >= 11 is 0. The molecule has 0 N–H and O–H groups in total. The maximum absolute atomic E-state index is 12.6. The molecule has 0 radical (unpaired) electrons. The topological polar surface area (TPSA) is 82.2 Å². The molecule has 0 rings (SSSR count). The van der Waals surface area contributed by atoms with Gasteiger partial charge in [0, 0.05) is 19.6 Å². The minimum absolute atomic E-state index is 0.297. The predicted octanol–water partition coefficient (Wildman–Crippen LogP) is 1.54. The van der Waals surface area contributed by atoms with Gasteiger partial charge in [0.2, 0.25) is 0 Å². The van der Waals surface area contributed by atoms with Crippen molar-refractivity contribution < 1.29 is 33.0 Å². The molecule has 0 saturated heterocycles. The summed E-state index contributed by atoms with van der Waals surface area (Å²) < 4.78 is 27.8. The molecule has 0 fully saturated rings. The van der Waals surface area contributed by atoms with Gasteiger partial charge in [-0.3, -0.25) is 14.5 Å². The van der Waals surface area contributed by atoms with E-state index in [-0.39, 0.29) is 0 Å². The highest BCUT2D eigenvalue weighted by Gasteiger charge is 2.37. The molecule has 0 amide bonds. The number of nitrogens with zero attached hydrogens (tertiary/aromatic N) is 3. The lowest BCUT2D eigenvalue weighted by Gasteiger charge is -2.28. The van der Waals surface area contributed by atoms with Gasteiger partial charge in [0.15, 0.2) is 0 Å². The van der Waals surface area contributed by atoms with Crippen LogP contribution in [0.25, 0.3) is 0 Å². The van der Waals surface area contributed by atoms with Gasteiger partial charge in [-0.25, -0.2) is 4.57 Å². The first-order chi connectivity index (χ1) is 9.48. The predicted molar refractivity (Wildman–Crippen MR) is 69.0 cm³/mol. The van der Waals surface area contributed by atoms with Crippen molar-refractivity contribution in [3.63, 3.8) is 0 Å². The van der Waals surface area contributed by atoms with Crippen molar-refractivity contribution in [1.29, 1.82) is 0 Å². The third-order valence-electron chi connectivity index (χ3n) is 1.96. The van der Waals surface area contributed by atoms with Crippen molar-refractivity contribution in [3.05, 3.63) is 0 Å². The summed E-state index contributed by atoms with van der Waals surface area (Å²) in [6, 6.07) is 0. The molecule has 0 aromatic carbocycles. The van der Waals surface area contributed by atoms with E-state index in [9.17, 15) is 4.57 Å². The second-order valence-electron chi connectivity index (χ2n) is 3.19. The van der Waals surface area contributed by atoms with E-state index >= 15 is 0 Å². The zero-order valence-electron chi connectivity index (χ0n) is 12.8. The van der Waals surface area contributed by atoms with E-state index in [2.05, 4.69) is 0 Å². The number of hydrogen-bond donors (Lipinski definition) is 0. The van der Waals surface area contributed by atoms with Gasteiger partial charge in [0.25, 0.3) is 0 Å². The van der Waals surface area contributed by atoms with E-state index in [1.165, 1.54) is 21.3 Å². The summed E-state index contributed by atoms with van der Waals surface area (Å²) in [5.41, 5.74) is 0. The van der Waals surface area contributed by atoms with Crippen LogP contribution >= 0.6 is 7.82 Å². The van der Waals surface area contributed by atoms with Crippen LogP contribution in [-0.4, -0.2) is 56.6 Å². The summed E-state index contributed by atoms with van der Waals surface area (Å²) in [4.78, 5) is 14.6. The SMILES string of the molecule is CCN(OC)OP(=O)(ON(CC)OC)ON(CC)OC. The Morgan fingerprint density at radius 2 is 0.950 bits per heavy atom. The molecule has 0 aliphatic heterocycles. The van der Waals surface area contributed by atoms with Crippen molar-refractivity contribution in [2.24, 2.45) is 0 Å². The quantitative estimate of drug-likeness (QED) is 0.390. The summed E-state index contributed by atoms with van der Waals surface area (Å²) in [6.45, 7) is 6.09. The van der Waals surface area contributed by atoms with Gasteiger partial charge >= 0.3 is 7.82 Å². The van der Waals surface area contributed by atoms with E-state index in [4.69, 9.17) is 28.4 Å². The molecule has 0 aromatic rings. The smallest absolute Gasteiger partial charge is 0.277 e. The molecule has 0 heterocycles. The molecule has 20 heavy (non-hydrogen) atoms. The van der Waals surface area contributed by atoms with Crippen LogP contribution in [0.5, 0.6) is 0 Å². The molecular formula is C9H24N3O7P. The van der Waals surface area contributed by atoms with Crippen LogP contribution in [0.3, 0.4) is 0 Å². The molecule has 11 heteroatoms. The maximum atomic E-state index is 12.6. The van der Waals surface area contributed by atoms with Gasteiger partial charge in [-0.2, -0.15) is 13.9 Å². The van der Waals surface area contributed by atoms with E-state index in [1.54, 1.807) is 20.8 Å². The molecule has 0 saturated carbocycles. The van der Waals surface area contributed by atoms with E-state index in [0.717, 1.165) is 15.7 Å². The van der Waals surface area contributed by atoms with Crippen LogP contribution in [0.2, 0.25) is 0 Å². The largest absolute Gasteiger partial charge is 0.531 e. The Morgan fingerprint density at radius 1 is 0.700 bits per heavy atom. The summed E-state index contributed by atoms with van der Waals surface area (Å²) in [5.74, 6) is 0. The first-order valence-electron chi connectivity index (χ1n) is 6.12. The van der Waals surface area contributed by atoms with Crippen molar-refractivity contribution in [2.45, 2.75) is 20.8 Å². The molecule has 0 aliphatic carbocycles. The lowest BCUT2D eigenvalue weighted by Crippen LogP contribution is -2.30. The zero-order valence-corrected chi connectivity index (χ0v) is 13.7. The van der Waals surface area contributed by atoms with Gasteiger partial charge in [-0.15, -0.1) is 0 Å². The highest BCUT2D eigenvalue weighted by atomic mass is 31.2. The molecular weight excluding hydrogens is 293 g/mol.